The Morgan fingerprint density at radius 2 is 1.27 bits per heavy atom. The fraction of sp³-hybridized carbons (Fsp3) is 0.357. The minimum Gasteiger partial charge on any atom is -0.302 e. The summed E-state index contributed by atoms with van der Waals surface area (Å²) in [6.07, 6.45) is 2.03. The Balaban J connectivity index is 1.27. The summed E-state index contributed by atoms with van der Waals surface area (Å²) in [5.41, 5.74) is 3.62. The van der Waals surface area contributed by atoms with Gasteiger partial charge in [-0.1, -0.05) is 91.0 Å². The molecule has 2 aliphatic heterocycles. The zero-order valence-electron chi connectivity index (χ0n) is 19.0. The van der Waals surface area contributed by atoms with E-state index in [0.717, 1.165) is 38.0 Å². The van der Waals surface area contributed by atoms with Crippen molar-refractivity contribution < 1.29 is 8.42 Å². The molecule has 0 N–H and O–H groups in total. The van der Waals surface area contributed by atoms with E-state index in [1.807, 2.05) is 30.3 Å². The molecule has 0 amide bonds. The van der Waals surface area contributed by atoms with Crippen molar-refractivity contribution in [2.45, 2.75) is 24.5 Å². The third-order valence-corrected chi connectivity index (χ3v) is 9.15. The van der Waals surface area contributed by atoms with E-state index < -0.39 is 10.0 Å². The molecule has 1 spiro atoms. The van der Waals surface area contributed by atoms with E-state index in [2.05, 4.69) is 65.6 Å². The van der Waals surface area contributed by atoms with Crippen LogP contribution in [-0.4, -0.2) is 50.3 Å². The lowest BCUT2D eigenvalue weighted by atomic mass is 9.86. The summed E-state index contributed by atoms with van der Waals surface area (Å²) in [5, 5.41) is 0. The molecule has 4 nitrogen and oxygen atoms in total. The zero-order chi connectivity index (χ0) is 22.7. The first-order valence-electron chi connectivity index (χ1n) is 11.9. The smallest absolute Gasteiger partial charge is 0.218 e. The van der Waals surface area contributed by atoms with Gasteiger partial charge in [0.2, 0.25) is 10.0 Å². The van der Waals surface area contributed by atoms with Gasteiger partial charge < -0.3 is 4.90 Å². The highest BCUT2D eigenvalue weighted by atomic mass is 32.2. The molecule has 5 heteroatoms. The molecule has 2 saturated heterocycles. The van der Waals surface area contributed by atoms with Gasteiger partial charge in [-0.2, -0.15) is 0 Å². The zero-order valence-corrected chi connectivity index (χ0v) is 19.8. The largest absolute Gasteiger partial charge is 0.302 e. The second-order valence-corrected chi connectivity index (χ2v) is 11.7. The average Bonchev–Trinajstić information content (AvgIpc) is 3.46. The fourth-order valence-electron chi connectivity index (χ4n) is 5.56. The molecule has 2 aliphatic rings. The number of likely N-dealkylation sites (tertiary alicyclic amines) is 1. The highest BCUT2D eigenvalue weighted by Gasteiger charge is 2.46. The van der Waals surface area contributed by atoms with E-state index in [0.29, 0.717) is 19.0 Å². The van der Waals surface area contributed by atoms with Crippen molar-refractivity contribution in [1.82, 2.24) is 9.21 Å². The lowest BCUT2D eigenvalue weighted by Gasteiger charge is -2.28. The van der Waals surface area contributed by atoms with Crippen LogP contribution < -0.4 is 0 Å². The molecule has 1 atom stereocenters. The Kier molecular flexibility index (Phi) is 6.37. The Labute approximate surface area is 197 Å². The van der Waals surface area contributed by atoms with Crippen LogP contribution in [0.2, 0.25) is 0 Å². The summed E-state index contributed by atoms with van der Waals surface area (Å²) in [6.45, 7) is 4.26. The Hall–Kier alpha value is -2.47. The van der Waals surface area contributed by atoms with Crippen LogP contribution in [-0.2, 0) is 15.8 Å². The van der Waals surface area contributed by atoms with Gasteiger partial charge in [0.1, 0.15) is 0 Å². The molecule has 2 heterocycles. The highest BCUT2D eigenvalue weighted by Crippen LogP contribution is 2.42. The molecule has 0 aromatic heterocycles. The predicted molar refractivity (Wildman–Crippen MR) is 133 cm³/mol. The van der Waals surface area contributed by atoms with Crippen molar-refractivity contribution in [1.29, 1.82) is 0 Å². The number of rotatable bonds is 7. The molecular weight excluding hydrogens is 428 g/mol. The van der Waals surface area contributed by atoms with Crippen molar-refractivity contribution in [3.8, 4) is 0 Å². The maximum absolute atomic E-state index is 13.1. The summed E-state index contributed by atoms with van der Waals surface area (Å²) >= 11 is 0. The van der Waals surface area contributed by atoms with Gasteiger partial charge in [0, 0.05) is 32.1 Å². The van der Waals surface area contributed by atoms with Gasteiger partial charge >= 0.3 is 0 Å². The molecule has 5 rings (SSSR count). The third kappa shape index (κ3) is 5.06. The quantitative estimate of drug-likeness (QED) is 0.511. The molecule has 0 unspecified atom stereocenters. The number of benzene rings is 3. The van der Waals surface area contributed by atoms with E-state index in [1.54, 1.807) is 4.31 Å². The van der Waals surface area contributed by atoms with Gasteiger partial charge in [-0.25, -0.2) is 12.7 Å². The average molecular weight is 461 g/mol. The summed E-state index contributed by atoms with van der Waals surface area (Å²) in [6, 6.07) is 31.0. The Morgan fingerprint density at radius 1 is 0.727 bits per heavy atom. The van der Waals surface area contributed by atoms with Crippen LogP contribution in [0.15, 0.2) is 91.0 Å². The molecule has 3 aromatic rings. The molecule has 0 saturated carbocycles. The molecule has 33 heavy (non-hydrogen) atoms. The molecule has 0 bridgehead atoms. The minimum absolute atomic E-state index is 0.0850. The van der Waals surface area contributed by atoms with E-state index >= 15 is 0 Å². The topological polar surface area (TPSA) is 40.6 Å². The normalized spacial score (nSPS) is 21.8. The summed E-state index contributed by atoms with van der Waals surface area (Å²) in [4.78, 5) is 2.55. The second kappa shape index (κ2) is 9.41. The van der Waals surface area contributed by atoms with Crippen molar-refractivity contribution in [3.05, 3.63) is 108 Å². The number of sulfonamides is 1. The van der Waals surface area contributed by atoms with E-state index in [4.69, 9.17) is 0 Å². The van der Waals surface area contributed by atoms with Gasteiger partial charge in [0.25, 0.3) is 0 Å². The summed E-state index contributed by atoms with van der Waals surface area (Å²) in [7, 11) is -3.29. The summed E-state index contributed by atoms with van der Waals surface area (Å²) in [5.74, 6) is 0.416. The lowest BCUT2D eigenvalue weighted by Crippen LogP contribution is -2.35. The molecule has 0 aliphatic carbocycles. The van der Waals surface area contributed by atoms with Crippen LogP contribution in [0.1, 0.15) is 35.4 Å². The van der Waals surface area contributed by atoms with Gasteiger partial charge in [-0.15, -0.1) is 0 Å². The summed E-state index contributed by atoms with van der Waals surface area (Å²) < 4.78 is 27.9. The van der Waals surface area contributed by atoms with Gasteiger partial charge in [-0.3, -0.25) is 0 Å². The van der Waals surface area contributed by atoms with Crippen LogP contribution in [0.25, 0.3) is 0 Å². The monoisotopic (exact) mass is 460 g/mol. The molecule has 3 aromatic carbocycles. The standard InChI is InChI=1S/C28H32N2O2S/c31-33(32,21-24-10-4-1-5-11-24)30-19-17-28(23-30)16-18-29(22-28)20-27(25-12-6-2-7-13-25)26-14-8-3-9-15-26/h1-15,27H,16-23H2/t28-/m1/s1. The van der Waals surface area contributed by atoms with Crippen LogP contribution in [0.4, 0.5) is 0 Å². The van der Waals surface area contributed by atoms with Gasteiger partial charge in [0.05, 0.1) is 5.75 Å². The molecule has 0 radical (unpaired) electrons. The van der Waals surface area contributed by atoms with Gasteiger partial charge in [0.15, 0.2) is 0 Å². The molecular formula is C28H32N2O2S. The van der Waals surface area contributed by atoms with E-state index in [9.17, 15) is 8.42 Å². The lowest BCUT2D eigenvalue weighted by molar-refractivity contribution is 0.260. The van der Waals surface area contributed by atoms with Crippen LogP contribution >= 0.6 is 0 Å². The van der Waals surface area contributed by atoms with Gasteiger partial charge in [-0.05, 0) is 41.5 Å². The van der Waals surface area contributed by atoms with E-state index in [1.165, 1.54) is 11.1 Å². The van der Waals surface area contributed by atoms with E-state index in [-0.39, 0.29) is 11.2 Å². The number of hydrogen-bond donors (Lipinski definition) is 0. The molecule has 172 valence electrons. The first-order chi connectivity index (χ1) is 16.0. The fourth-order valence-corrected chi connectivity index (χ4v) is 7.19. The third-order valence-electron chi connectivity index (χ3n) is 7.35. The minimum atomic E-state index is -3.29. The SMILES string of the molecule is O=S(=O)(Cc1ccccc1)N1CC[C@@]2(CCN(CC(c3ccccc3)c3ccccc3)C2)C1. The maximum Gasteiger partial charge on any atom is 0.218 e. The van der Waals surface area contributed by atoms with Crippen molar-refractivity contribution in [2.24, 2.45) is 5.41 Å². The number of nitrogens with zero attached hydrogens (tertiary/aromatic N) is 2. The highest BCUT2D eigenvalue weighted by molar-refractivity contribution is 7.88. The first kappa shape index (κ1) is 22.3. The molecule has 2 fully saturated rings. The van der Waals surface area contributed by atoms with Crippen molar-refractivity contribution in [3.63, 3.8) is 0 Å². The van der Waals surface area contributed by atoms with Crippen molar-refractivity contribution >= 4 is 10.0 Å². The van der Waals surface area contributed by atoms with Crippen LogP contribution in [0.5, 0.6) is 0 Å². The predicted octanol–water partition coefficient (Wildman–Crippen LogP) is 4.75. The van der Waals surface area contributed by atoms with Crippen LogP contribution in [0, 0.1) is 5.41 Å². The number of hydrogen-bond acceptors (Lipinski definition) is 3. The Morgan fingerprint density at radius 3 is 1.88 bits per heavy atom. The Bertz CT molecular complexity index is 1110. The van der Waals surface area contributed by atoms with Crippen LogP contribution in [0.3, 0.4) is 0 Å². The first-order valence-corrected chi connectivity index (χ1v) is 13.5. The second-order valence-electron chi connectivity index (χ2n) is 9.68. The van der Waals surface area contributed by atoms with Crippen molar-refractivity contribution in [2.75, 3.05) is 32.7 Å². The maximum atomic E-state index is 13.1.